The minimum Gasteiger partial charge on any atom is -0.466 e. The summed E-state index contributed by atoms with van der Waals surface area (Å²) in [6, 6.07) is 4.18. The van der Waals surface area contributed by atoms with Crippen LogP contribution in [0.2, 0.25) is 0 Å². The molecule has 1 unspecified atom stereocenters. The molecule has 0 spiro atoms. The zero-order chi connectivity index (χ0) is 11.7. The van der Waals surface area contributed by atoms with Crippen LogP contribution in [0.1, 0.15) is 22.2 Å². The van der Waals surface area contributed by atoms with E-state index in [0.29, 0.717) is 0 Å². The minimum atomic E-state index is 0.0966. The van der Waals surface area contributed by atoms with E-state index >= 15 is 0 Å². The standard InChI is InChI=1S/C11H11Br2NOS/c1-6-5-8(16-11(6)13)9(14-2)10-7(12)3-4-15-10/h3-5,9,14H,1-2H3. The Balaban J connectivity index is 2.40. The SMILES string of the molecule is CNC(c1cc(C)c(Br)s1)c1occc1Br. The number of rotatable bonds is 3. The molecule has 2 nitrogen and oxygen atoms in total. The van der Waals surface area contributed by atoms with Gasteiger partial charge >= 0.3 is 0 Å². The lowest BCUT2D eigenvalue weighted by Crippen LogP contribution is -2.16. The van der Waals surface area contributed by atoms with E-state index in [4.69, 9.17) is 4.42 Å². The third-order valence-electron chi connectivity index (χ3n) is 2.36. The Kier molecular flexibility index (Phi) is 3.89. The Morgan fingerprint density at radius 3 is 2.62 bits per heavy atom. The molecule has 0 radical (unpaired) electrons. The van der Waals surface area contributed by atoms with Crippen molar-refractivity contribution in [2.24, 2.45) is 0 Å². The maximum atomic E-state index is 5.50. The molecule has 0 aliphatic carbocycles. The number of hydrogen-bond donors (Lipinski definition) is 1. The molecule has 2 aromatic heterocycles. The average Bonchev–Trinajstić information content (AvgIpc) is 2.78. The van der Waals surface area contributed by atoms with Gasteiger partial charge in [0.2, 0.25) is 0 Å². The van der Waals surface area contributed by atoms with Gasteiger partial charge in [0.05, 0.1) is 14.5 Å². The number of halogens is 2. The Morgan fingerprint density at radius 2 is 2.19 bits per heavy atom. The van der Waals surface area contributed by atoms with Crippen LogP contribution in [0.15, 0.2) is 31.1 Å². The Morgan fingerprint density at radius 1 is 1.44 bits per heavy atom. The van der Waals surface area contributed by atoms with Gasteiger partial charge in [-0.1, -0.05) is 0 Å². The van der Waals surface area contributed by atoms with E-state index in [0.717, 1.165) is 10.2 Å². The highest BCUT2D eigenvalue weighted by atomic mass is 79.9. The van der Waals surface area contributed by atoms with E-state index in [1.165, 1.54) is 14.2 Å². The predicted molar refractivity (Wildman–Crippen MR) is 74.1 cm³/mol. The summed E-state index contributed by atoms with van der Waals surface area (Å²) in [6.45, 7) is 2.09. The summed E-state index contributed by atoms with van der Waals surface area (Å²) in [6.07, 6.45) is 1.69. The summed E-state index contributed by atoms with van der Waals surface area (Å²) >= 11 is 8.76. The fraction of sp³-hybridized carbons (Fsp3) is 0.273. The molecule has 0 saturated heterocycles. The lowest BCUT2D eigenvalue weighted by Gasteiger charge is -2.12. The number of aryl methyl sites for hydroxylation is 1. The third-order valence-corrected chi connectivity index (χ3v) is 5.21. The third kappa shape index (κ3) is 2.27. The van der Waals surface area contributed by atoms with Crippen LogP contribution in [0.5, 0.6) is 0 Å². The van der Waals surface area contributed by atoms with Crippen LogP contribution < -0.4 is 5.32 Å². The molecule has 86 valence electrons. The van der Waals surface area contributed by atoms with E-state index in [9.17, 15) is 0 Å². The number of furan rings is 1. The second-order valence-electron chi connectivity index (χ2n) is 3.46. The highest BCUT2D eigenvalue weighted by Gasteiger charge is 2.20. The molecular formula is C11H11Br2NOS. The second-order valence-corrected chi connectivity index (χ2v) is 6.72. The monoisotopic (exact) mass is 363 g/mol. The van der Waals surface area contributed by atoms with Crippen molar-refractivity contribution >= 4 is 43.2 Å². The largest absolute Gasteiger partial charge is 0.466 e. The van der Waals surface area contributed by atoms with Crippen LogP contribution in [0.3, 0.4) is 0 Å². The van der Waals surface area contributed by atoms with E-state index in [1.807, 2.05) is 13.1 Å². The van der Waals surface area contributed by atoms with Gasteiger partial charge in [-0.05, 0) is 63.5 Å². The lowest BCUT2D eigenvalue weighted by atomic mass is 10.2. The van der Waals surface area contributed by atoms with E-state index in [1.54, 1.807) is 17.6 Å². The smallest absolute Gasteiger partial charge is 0.140 e. The van der Waals surface area contributed by atoms with Gasteiger partial charge in [0.25, 0.3) is 0 Å². The van der Waals surface area contributed by atoms with Gasteiger partial charge in [0.15, 0.2) is 0 Å². The highest BCUT2D eigenvalue weighted by Crippen LogP contribution is 2.36. The fourth-order valence-corrected chi connectivity index (χ4v) is 3.65. The van der Waals surface area contributed by atoms with E-state index < -0.39 is 0 Å². The van der Waals surface area contributed by atoms with Gasteiger partial charge in [0, 0.05) is 4.88 Å². The first kappa shape index (κ1) is 12.4. The summed E-state index contributed by atoms with van der Waals surface area (Å²) in [5, 5.41) is 3.27. The van der Waals surface area contributed by atoms with Gasteiger partial charge in [-0.2, -0.15) is 0 Å². The van der Waals surface area contributed by atoms with Crippen molar-refractivity contribution in [3.63, 3.8) is 0 Å². The maximum absolute atomic E-state index is 5.50. The van der Waals surface area contributed by atoms with Crippen LogP contribution in [-0.2, 0) is 0 Å². The molecule has 5 heteroatoms. The summed E-state index contributed by atoms with van der Waals surface area (Å²) in [5.41, 5.74) is 1.25. The predicted octanol–water partition coefficient (Wildman–Crippen LogP) is 4.48. The van der Waals surface area contributed by atoms with Crippen molar-refractivity contribution in [3.8, 4) is 0 Å². The normalized spacial score (nSPS) is 13.0. The maximum Gasteiger partial charge on any atom is 0.140 e. The quantitative estimate of drug-likeness (QED) is 0.868. The molecule has 1 atom stereocenters. The van der Waals surface area contributed by atoms with Crippen molar-refractivity contribution in [2.75, 3.05) is 7.05 Å². The van der Waals surface area contributed by atoms with Crippen molar-refractivity contribution in [3.05, 3.63) is 42.9 Å². The zero-order valence-electron chi connectivity index (χ0n) is 8.88. The zero-order valence-corrected chi connectivity index (χ0v) is 12.9. The number of thiophene rings is 1. The molecule has 2 aromatic rings. The highest BCUT2D eigenvalue weighted by molar-refractivity contribution is 9.11. The van der Waals surface area contributed by atoms with Crippen molar-refractivity contribution in [1.82, 2.24) is 5.32 Å². The molecule has 0 amide bonds. The Hall–Kier alpha value is -0.100. The average molecular weight is 365 g/mol. The van der Waals surface area contributed by atoms with Crippen LogP contribution in [0, 0.1) is 6.92 Å². The van der Waals surface area contributed by atoms with Crippen molar-refractivity contribution in [1.29, 1.82) is 0 Å². The first-order valence-electron chi connectivity index (χ1n) is 4.79. The molecule has 0 saturated carbocycles. The molecule has 0 aliphatic heterocycles. The van der Waals surface area contributed by atoms with Crippen LogP contribution in [-0.4, -0.2) is 7.05 Å². The Labute approximate surface area is 115 Å². The van der Waals surface area contributed by atoms with E-state index in [-0.39, 0.29) is 6.04 Å². The van der Waals surface area contributed by atoms with Crippen LogP contribution in [0.4, 0.5) is 0 Å². The summed E-state index contributed by atoms with van der Waals surface area (Å²) in [7, 11) is 1.93. The fourth-order valence-electron chi connectivity index (χ4n) is 1.54. The van der Waals surface area contributed by atoms with Gasteiger partial charge in [-0.25, -0.2) is 0 Å². The molecule has 2 rings (SSSR count). The molecule has 16 heavy (non-hydrogen) atoms. The van der Waals surface area contributed by atoms with Gasteiger partial charge in [0.1, 0.15) is 11.8 Å². The molecule has 2 heterocycles. The number of hydrogen-bond acceptors (Lipinski definition) is 3. The summed E-state index contributed by atoms with van der Waals surface area (Å²) < 4.78 is 7.67. The Bertz CT molecular complexity index is 472. The topological polar surface area (TPSA) is 25.2 Å². The van der Waals surface area contributed by atoms with Gasteiger partial charge < -0.3 is 9.73 Å². The number of nitrogens with one attached hydrogen (secondary N) is 1. The summed E-state index contributed by atoms with van der Waals surface area (Å²) in [5.74, 6) is 0.913. The summed E-state index contributed by atoms with van der Waals surface area (Å²) in [4.78, 5) is 1.24. The molecular weight excluding hydrogens is 354 g/mol. The molecule has 0 aliphatic rings. The van der Waals surface area contributed by atoms with Crippen LogP contribution in [0.25, 0.3) is 0 Å². The molecule has 1 N–H and O–H groups in total. The van der Waals surface area contributed by atoms with Crippen LogP contribution >= 0.6 is 43.2 Å². The first-order valence-corrected chi connectivity index (χ1v) is 7.19. The molecule has 0 bridgehead atoms. The van der Waals surface area contributed by atoms with Crippen molar-refractivity contribution < 1.29 is 4.42 Å². The lowest BCUT2D eigenvalue weighted by molar-refractivity contribution is 0.464. The second kappa shape index (κ2) is 5.04. The molecule has 0 aromatic carbocycles. The first-order chi connectivity index (χ1) is 7.63. The van der Waals surface area contributed by atoms with Gasteiger partial charge in [-0.15, -0.1) is 11.3 Å². The van der Waals surface area contributed by atoms with Gasteiger partial charge in [-0.3, -0.25) is 0 Å². The van der Waals surface area contributed by atoms with E-state index in [2.05, 4.69) is 50.2 Å². The molecule has 0 fully saturated rings. The van der Waals surface area contributed by atoms with Crippen molar-refractivity contribution in [2.45, 2.75) is 13.0 Å². The minimum absolute atomic E-state index is 0.0966.